The molecule has 4 N–H and O–H groups in total. The van der Waals surface area contributed by atoms with E-state index in [0.717, 1.165) is 26.8 Å². The molecular weight excluding hydrogens is 472 g/mol. The highest BCUT2D eigenvalue weighted by atomic mass is 16.6. The molecule has 0 radical (unpaired) electrons. The Morgan fingerprint density at radius 1 is 0.973 bits per heavy atom. The van der Waals surface area contributed by atoms with Gasteiger partial charge in [0, 0.05) is 19.6 Å². The molecule has 0 spiro atoms. The Labute approximate surface area is 213 Å². The Hall–Kier alpha value is -4.32. The summed E-state index contributed by atoms with van der Waals surface area (Å²) in [7, 11) is 1.92. The molecular formula is C26H28N8O3. The molecule has 0 saturated heterocycles. The number of benzene rings is 3. The van der Waals surface area contributed by atoms with Gasteiger partial charge >= 0.3 is 0 Å². The van der Waals surface area contributed by atoms with Gasteiger partial charge in [0.05, 0.1) is 28.7 Å². The maximum atomic E-state index is 13.0. The maximum absolute atomic E-state index is 13.0. The van der Waals surface area contributed by atoms with Gasteiger partial charge in [-0.25, -0.2) is 20.4 Å². The number of para-hydroxylation sites is 4. The number of hydroxylamine groups is 1. The van der Waals surface area contributed by atoms with Crippen LogP contribution in [0.2, 0.25) is 0 Å². The molecule has 1 aliphatic heterocycles. The number of amides is 1. The molecule has 37 heavy (non-hydrogen) atoms. The lowest BCUT2D eigenvalue weighted by Crippen LogP contribution is -2.52. The molecule has 1 amide bonds. The third kappa shape index (κ3) is 5.00. The number of nitrogens with zero attached hydrogens (tertiary/aromatic N) is 6. The molecule has 0 aliphatic carbocycles. The van der Waals surface area contributed by atoms with Crippen LogP contribution in [0, 0.1) is 6.92 Å². The second kappa shape index (κ2) is 10.3. The highest BCUT2D eigenvalue weighted by molar-refractivity contribution is 6.06. The molecule has 5 rings (SSSR count). The first-order valence-corrected chi connectivity index (χ1v) is 11.9. The van der Waals surface area contributed by atoms with E-state index in [0.29, 0.717) is 54.2 Å². The predicted molar refractivity (Wildman–Crippen MR) is 142 cm³/mol. The minimum absolute atomic E-state index is 0.114. The molecule has 190 valence electrons. The molecule has 1 aliphatic rings. The van der Waals surface area contributed by atoms with Crippen LogP contribution in [-0.2, 0) is 0 Å². The zero-order valence-electron chi connectivity index (χ0n) is 20.6. The molecule has 2 heterocycles. The lowest BCUT2D eigenvalue weighted by molar-refractivity contribution is 0.0951. The summed E-state index contributed by atoms with van der Waals surface area (Å²) in [4.78, 5) is 28.7. The second-order valence-electron chi connectivity index (χ2n) is 8.83. The van der Waals surface area contributed by atoms with Crippen molar-refractivity contribution < 1.29 is 15.2 Å². The summed E-state index contributed by atoms with van der Waals surface area (Å²) in [5, 5.41) is 25.2. The summed E-state index contributed by atoms with van der Waals surface area (Å²) >= 11 is 0. The van der Waals surface area contributed by atoms with Crippen LogP contribution in [0.1, 0.15) is 15.9 Å². The number of aliphatic imine (C=N–C) groups is 1. The van der Waals surface area contributed by atoms with Crippen molar-refractivity contribution in [3.63, 3.8) is 0 Å². The minimum Gasteiger partial charge on any atom is -0.351 e. The van der Waals surface area contributed by atoms with Gasteiger partial charge in [0.2, 0.25) is 5.96 Å². The summed E-state index contributed by atoms with van der Waals surface area (Å²) in [6.45, 7) is 3.95. The Morgan fingerprint density at radius 2 is 1.70 bits per heavy atom. The van der Waals surface area contributed by atoms with Gasteiger partial charge in [-0.3, -0.25) is 15.2 Å². The number of likely N-dealkylation sites (N-methyl/N-ethyl adjacent to an activating group) is 1. The van der Waals surface area contributed by atoms with Gasteiger partial charge in [0.25, 0.3) is 5.91 Å². The Morgan fingerprint density at radius 3 is 2.51 bits per heavy atom. The fourth-order valence-corrected chi connectivity index (χ4v) is 4.18. The van der Waals surface area contributed by atoms with Crippen molar-refractivity contribution in [3.05, 3.63) is 71.8 Å². The molecule has 11 heteroatoms. The quantitative estimate of drug-likeness (QED) is 0.283. The van der Waals surface area contributed by atoms with E-state index < -0.39 is 0 Å². The summed E-state index contributed by atoms with van der Waals surface area (Å²) in [6.07, 6.45) is 0. The number of rotatable bonds is 7. The summed E-state index contributed by atoms with van der Waals surface area (Å²) in [5.41, 5.74) is 7.82. The molecule has 0 saturated carbocycles. The average Bonchev–Trinajstić information content (AvgIpc) is 2.90. The molecule has 4 aromatic rings. The van der Waals surface area contributed by atoms with E-state index in [4.69, 9.17) is 4.98 Å². The van der Waals surface area contributed by atoms with Crippen molar-refractivity contribution in [1.29, 1.82) is 0 Å². The second-order valence-corrected chi connectivity index (χ2v) is 8.83. The first-order valence-electron chi connectivity index (χ1n) is 11.9. The zero-order valence-corrected chi connectivity index (χ0v) is 20.6. The van der Waals surface area contributed by atoms with E-state index >= 15 is 0 Å². The van der Waals surface area contributed by atoms with Crippen LogP contribution in [0.5, 0.6) is 0 Å². The summed E-state index contributed by atoms with van der Waals surface area (Å²) < 4.78 is 0. The van der Waals surface area contributed by atoms with Crippen molar-refractivity contribution in [2.45, 2.75) is 6.92 Å². The highest BCUT2D eigenvalue weighted by Crippen LogP contribution is 2.29. The lowest BCUT2D eigenvalue weighted by atomic mass is 10.1. The van der Waals surface area contributed by atoms with E-state index in [-0.39, 0.29) is 11.9 Å². The van der Waals surface area contributed by atoms with Crippen molar-refractivity contribution in [2.75, 3.05) is 43.5 Å². The van der Waals surface area contributed by atoms with Gasteiger partial charge < -0.3 is 10.2 Å². The number of hydrogen-bond donors (Lipinski definition) is 4. The van der Waals surface area contributed by atoms with Gasteiger partial charge in [0.1, 0.15) is 16.9 Å². The van der Waals surface area contributed by atoms with Crippen LogP contribution < -0.4 is 21.0 Å². The number of aryl methyl sites for hydroxylation is 1. The van der Waals surface area contributed by atoms with E-state index in [1.165, 1.54) is 0 Å². The fourth-order valence-electron chi connectivity index (χ4n) is 4.18. The number of guanidine groups is 1. The van der Waals surface area contributed by atoms with Gasteiger partial charge in [-0.15, -0.1) is 0 Å². The smallest absolute Gasteiger partial charge is 0.253 e. The van der Waals surface area contributed by atoms with Crippen LogP contribution in [-0.4, -0.2) is 70.4 Å². The summed E-state index contributed by atoms with van der Waals surface area (Å²) in [5.74, 6) is -0.0896. The van der Waals surface area contributed by atoms with Crippen LogP contribution in [0.25, 0.3) is 22.1 Å². The Balaban J connectivity index is 1.17. The number of hydrogen-bond acceptors (Lipinski definition) is 8. The number of hydrazine groups is 1. The maximum Gasteiger partial charge on any atom is 0.253 e. The van der Waals surface area contributed by atoms with Gasteiger partial charge in [-0.2, -0.15) is 10.2 Å². The first kappa shape index (κ1) is 24.4. The number of nitrogens with one attached hydrogen (secondary N) is 2. The van der Waals surface area contributed by atoms with Gasteiger partial charge in [-0.1, -0.05) is 30.3 Å². The first-order chi connectivity index (χ1) is 17.9. The SMILES string of the molecule is Cc1cccc2nc3cccc(C(=O)NCCN(C)CCN=C4NN(O)c5ccccc5N4O)c3nc12. The van der Waals surface area contributed by atoms with E-state index in [1.807, 2.05) is 49.2 Å². The average molecular weight is 501 g/mol. The molecule has 11 nitrogen and oxygen atoms in total. The predicted octanol–water partition coefficient (Wildman–Crippen LogP) is 2.72. The topological polar surface area (TPSA) is 129 Å². The molecule has 0 fully saturated rings. The molecule has 1 aromatic heterocycles. The standard InChI is InChI=1S/C26H28N8O3/c1-17-7-5-9-19-23(17)30-24-18(8-6-10-20(24)29-19)25(35)27-13-15-32(2)16-14-28-26-31-34(37)22-12-4-3-11-21(22)33(26)36/h3-12,36-37H,13-16H2,1-2H3,(H,27,35)(H,28,31). The highest BCUT2D eigenvalue weighted by Gasteiger charge is 2.25. The molecule has 0 atom stereocenters. The summed E-state index contributed by atoms with van der Waals surface area (Å²) in [6, 6.07) is 18.1. The fraction of sp³-hybridized carbons (Fsp3) is 0.231. The number of fused-ring (bicyclic) bond motifs is 3. The number of carbonyl (C=O) groups is 1. The van der Waals surface area contributed by atoms with Crippen LogP contribution in [0.3, 0.4) is 0 Å². The van der Waals surface area contributed by atoms with E-state index in [1.54, 1.807) is 30.3 Å². The van der Waals surface area contributed by atoms with Crippen LogP contribution in [0.4, 0.5) is 11.4 Å². The van der Waals surface area contributed by atoms with Gasteiger partial charge in [0.15, 0.2) is 0 Å². The Kier molecular flexibility index (Phi) is 6.82. The van der Waals surface area contributed by atoms with Crippen molar-refractivity contribution in [1.82, 2.24) is 25.6 Å². The van der Waals surface area contributed by atoms with Crippen molar-refractivity contribution in [2.24, 2.45) is 4.99 Å². The third-order valence-electron chi connectivity index (χ3n) is 6.21. The normalized spacial score (nSPS) is 14.4. The van der Waals surface area contributed by atoms with E-state index in [9.17, 15) is 15.2 Å². The van der Waals surface area contributed by atoms with E-state index in [2.05, 4.69) is 20.7 Å². The largest absolute Gasteiger partial charge is 0.351 e. The Bertz CT molecular complexity index is 1490. The lowest BCUT2D eigenvalue weighted by Gasteiger charge is -2.32. The van der Waals surface area contributed by atoms with Crippen molar-refractivity contribution in [3.8, 4) is 0 Å². The zero-order chi connectivity index (χ0) is 25.9. The van der Waals surface area contributed by atoms with Crippen molar-refractivity contribution >= 4 is 45.3 Å². The molecule has 0 unspecified atom stereocenters. The third-order valence-corrected chi connectivity index (χ3v) is 6.21. The molecule has 0 bridgehead atoms. The number of anilines is 2. The number of carbonyl (C=O) groups excluding carboxylic acids is 1. The van der Waals surface area contributed by atoms with Gasteiger partial charge in [-0.05, 0) is 49.9 Å². The number of aromatic nitrogens is 2. The minimum atomic E-state index is -0.203. The monoisotopic (exact) mass is 500 g/mol. The van der Waals surface area contributed by atoms with Crippen LogP contribution in [0.15, 0.2) is 65.7 Å². The molecule has 3 aromatic carbocycles. The van der Waals surface area contributed by atoms with Crippen LogP contribution >= 0.6 is 0 Å².